The molecule has 0 spiro atoms. The predicted molar refractivity (Wildman–Crippen MR) is 94.7 cm³/mol. The fourth-order valence-corrected chi connectivity index (χ4v) is 3.18. The Balaban J connectivity index is 2.22. The van der Waals surface area contributed by atoms with E-state index in [9.17, 15) is 0 Å². The van der Waals surface area contributed by atoms with E-state index >= 15 is 0 Å². The highest BCUT2D eigenvalue weighted by atomic mass is 35.5. The van der Waals surface area contributed by atoms with Gasteiger partial charge in [-0.15, -0.1) is 0 Å². The third-order valence-electron chi connectivity index (χ3n) is 3.76. The van der Waals surface area contributed by atoms with Gasteiger partial charge in [0.1, 0.15) is 0 Å². The molecule has 1 heterocycles. The summed E-state index contributed by atoms with van der Waals surface area (Å²) in [7, 11) is 0. The fraction of sp³-hybridized carbons (Fsp3) is 0. The Morgan fingerprint density at radius 2 is 1.41 bits per heavy atom. The average molecular weight is 324 g/mol. The summed E-state index contributed by atoms with van der Waals surface area (Å²) in [5, 5.41) is 3.55. The molecule has 0 fully saturated rings. The van der Waals surface area contributed by atoms with Crippen molar-refractivity contribution in [1.82, 2.24) is 4.98 Å². The summed E-state index contributed by atoms with van der Waals surface area (Å²) in [4.78, 5) is 4.74. The highest BCUT2D eigenvalue weighted by Crippen LogP contribution is 2.36. The first-order chi connectivity index (χ1) is 10.7. The topological polar surface area (TPSA) is 12.9 Å². The Bertz CT molecular complexity index is 1010. The van der Waals surface area contributed by atoms with Crippen LogP contribution in [-0.4, -0.2) is 4.98 Å². The van der Waals surface area contributed by atoms with Crippen molar-refractivity contribution in [2.24, 2.45) is 0 Å². The van der Waals surface area contributed by atoms with Crippen LogP contribution in [0.5, 0.6) is 0 Å². The third-order valence-corrected chi connectivity index (χ3v) is 4.23. The summed E-state index contributed by atoms with van der Waals surface area (Å²) in [6.07, 6.45) is 0. The van der Waals surface area contributed by atoms with Crippen LogP contribution < -0.4 is 0 Å². The minimum absolute atomic E-state index is 0.702. The number of benzene rings is 3. The maximum Gasteiger partial charge on any atom is 0.0717 e. The molecule has 4 aromatic rings. The Labute approximate surface area is 138 Å². The van der Waals surface area contributed by atoms with Gasteiger partial charge in [0.15, 0.2) is 0 Å². The van der Waals surface area contributed by atoms with E-state index in [-0.39, 0.29) is 0 Å². The van der Waals surface area contributed by atoms with Gasteiger partial charge in [0.25, 0.3) is 0 Å². The lowest BCUT2D eigenvalue weighted by atomic mass is 9.96. The highest BCUT2D eigenvalue weighted by Gasteiger charge is 2.11. The van der Waals surface area contributed by atoms with E-state index < -0.39 is 0 Å². The molecule has 0 saturated carbocycles. The molecule has 0 aliphatic rings. The van der Waals surface area contributed by atoms with Gasteiger partial charge < -0.3 is 0 Å². The van der Waals surface area contributed by atoms with E-state index in [0.29, 0.717) is 10.0 Å². The molecule has 4 rings (SSSR count). The van der Waals surface area contributed by atoms with Crippen molar-refractivity contribution in [2.45, 2.75) is 0 Å². The van der Waals surface area contributed by atoms with Crippen LogP contribution >= 0.6 is 23.2 Å². The second-order valence-corrected chi connectivity index (χ2v) is 6.05. The van der Waals surface area contributed by atoms with Crippen molar-refractivity contribution in [3.63, 3.8) is 0 Å². The maximum atomic E-state index is 6.21. The maximum absolute atomic E-state index is 6.21. The van der Waals surface area contributed by atoms with Gasteiger partial charge in [-0.05, 0) is 42.0 Å². The minimum Gasteiger partial charge on any atom is -0.248 e. The molecule has 1 nitrogen and oxygen atoms in total. The summed E-state index contributed by atoms with van der Waals surface area (Å²) in [6.45, 7) is 0. The van der Waals surface area contributed by atoms with Crippen LogP contribution in [0.1, 0.15) is 0 Å². The van der Waals surface area contributed by atoms with Gasteiger partial charge in [-0.3, -0.25) is 0 Å². The van der Waals surface area contributed by atoms with Crippen LogP contribution in [0.3, 0.4) is 0 Å². The van der Waals surface area contributed by atoms with Gasteiger partial charge >= 0.3 is 0 Å². The van der Waals surface area contributed by atoms with Crippen LogP contribution in [0.4, 0.5) is 0 Å². The van der Waals surface area contributed by atoms with E-state index in [0.717, 1.165) is 32.9 Å². The lowest BCUT2D eigenvalue weighted by molar-refractivity contribution is 1.49. The highest BCUT2D eigenvalue weighted by molar-refractivity contribution is 6.32. The number of hydrogen-bond donors (Lipinski definition) is 0. The van der Waals surface area contributed by atoms with Crippen molar-refractivity contribution < 1.29 is 0 Å². The van der Waals surface area contributed by atoms with Crippen molar-refractivity contribution in [2.75, 3.05) is 0 Å². The first-order valence-corrected chi connectivity index (χ1v) is 7.72. The van der Waals surface area contributed by atoms with E-state index in [2.05, 4.69) is 12.1 Å². The Hall–Kier alpha value is -2.09. The number of pyridine rings is 1. The normalized spacial score (nSPS) is 11.2. The number of aromatic nitrogens is 1. The lowest BCUT2D eigenvalue weighted by Gasteiger charge is -2.12. The van der Waals surface area contributed by atoms with E-state index in [4.69, 9.17) is 28.2 Å². The monoisotopic (exact) mass is 323 g/mol. The van der Waals surface area contributed by atoms with Crippen LogP contribution in [0.15, 0.2) is 66.7 Å². The van der Waals surface area contributed by atoms with Crippen molar-refractivity contribution >= 4 is 45.0 Å². The molecule has 0 radical (unpaired) electrons. The van der Waals surface area contributed by atoms with Crippen molar-refractivity contribution in [3.8, 4) is 11.1 Å². The predicted octanol–water partition coefficient (Wildman–Crippen LogP) is 6.36. The molecular weight excluding hydrogens is 313 g/mol. The van der Waals surface area contributed by atoms with E-state index in [1.807, 2.05) is 54.6 Å². The molecular formula is C19H11Cl2N. The quantitative estimate of drug-likeness (QED) is 0.371. The first kappa shape index (κ1) is 13.6. The number of nitrogens with zero attached hydrogens (tertiary/aromatic N) is 1. The molecule has 1 aromatic heterocycles. The molecule has 0 aliphatic heterocycles. The Kier molecular flexibility index (Phi) is 3.25. The largest absolute Gasteiger partial charge is 0.248 e. The van der Waals surface area contributed by atoms with Crippen molar-refractivity contribution in [1.29, 1.82) is 0 Å². The molecule has 22 heavy (non-hydrogen) atoms. The number of rotatable bonds is 1. The second kappa shape index (κ2) is 5.28. The number of halogens is 2. The second-order valence-electron chi connectivity index (χ2n) is 5.18. The van der Waals surface area contributed by atoms with Gasteiger partial charge in [0.05, 0.1) is 11.0 Å². The molecule has 0 aliphatic carbocycles. The molecule has 3 aromatic carbocycles. The lowest BCUT2D eigenvalue weighted by Crippen LogP contribution is -1.89. The van der Waals surface area contributed by atoms with Gasteiger partial charge in [0.2, 0.25) is 0 Å². The van der Waals surface area contributed by atoms with Gasteiger partial charge in [-0.1, -0.05) is 53.5 Å². The van der Waals surface area contributed by atoms with Gasteiger partial charge in [0, 0.05) is 26.4 Å². The fourth-order valence-electron chi connectivity index (χ4n) is 2.82. The summed E-state index contributed by atoms with van der Waals surface area (Å²) >= 11 is 12.4. The summed E-state index contributed by atoms with van der Waals surface area (Å²) in [5.74, 6) is 0. The average Bonchev–Trinajstić information content (AvgIpc) is 2.52. The van der Waals surface area contributed by atoms with Crippen LogP contribution in [-0.2, 0) is 0 Å². The molecule has 0 bridgehead atoms. The zero-order chi connectivity index (χ0) is 15.1. The molecule has 0 amide bonds. The van der Waals surface area contributed by atoms with Gasteiger partial charge in [-0.25, -0.2) is 4.98 Å². The Morgan fingerprint density at radius 3 is 2.27 bits per heavy atom. The van der Waals surface area contributed by atoms with E-state index in [1.54, 1.807) is 0 Å². The molecule has 106 valence electrons. The first-order valence-electron chi connectivity index (χ1n) is 6.96. The zero-order valence-corrected chi connectivity index (χ0v) is 13.1. The third kappa shape index (κ3) is 2.23. The molecule has 0 unspecified atom stereocenters. The molecule has 0 saturated heterocycles. The Morgan fingerprint density at radius 1 is 0.636 bits per heavy atom. The van der Waals surface area contributed by atoms with Crippen LogP contribution in [0.2, 0.25) is 10.0 Å². The zero-order valence-electron chi connectivity index (χ0n) is 11.6. The number of hydrogen-bond acceptors (Lipinski definition) is 1. The standard InChI is InChI=1S/C19H11Cl2N/c20-13-5-3-4-12(10-13)19-15-6-1-2-7-17(15)22-18-9-8-14(21)11-16(18)19/h1-11H. The van der Waals surface area contributed by atoms with Crippen LogP contribution in [0.25, 0.3) is 32.9 Å². The molecule has 0 N–H and O–H groups in total. The SMILES string of the molecule is Clc1cccc(-c2c3ccccc3nc3ccc(Cl)cc23)c1. The van der Waals surface area contributed by atoms with Gasteiger partial charge in [-0.2, -0.15) is 0 Å². The molecule has 3 heteroatoms. The van der Waals surface area contributed by atoms with E-state index in [1.165, 1.54) is 0 Å². The smallest absolute Gasteiger partial charge is 0.0717 e. The molecule has 0 atom stereocenters. The number of fused-ring (bicyclic) bond motifs is 2. The van der Waals surface area contributed by atoms with Crippen molar-refractivity contribution in [3.05, 3.63) is 76.8 Å². The summed E-state index contributed by atoms with van der Waals surface area (Å²) in [6, 6.07) is 21.8. The minimum atomic E-state index is 0.702. The van der Waals surface area contributed by atoms with Crippen LogP contribution in [0, 0.1) is 0 Å². The summed E-state index contributed by atoms with van der Waals surface area (Å²) in [5.41, 5.74) is 4.08. The number of para-hydroxylation sites is 1. The summed E-state index contributed by atoms with van der Waals surface area (Å²) < 4.78 is 0.